The smallest absolute Gasteiger partial charge is 0.249 e. The first-order valence-electron chi connectivity index (χ1n) is 9.12. The van der Waals surface area contributed by atoms with E-state index in [0.29, 0.717) is 19.4 Å². The van der Waals surface area contributed by atoms with E-state index in [1.807, 2.05) is 19.1 Å². The summed E-state index contributed by atoms with van der Waals surface area (Å²) >= 11 is 1.47. The number of aryl methyl sites for hydroxylation is 1. The van der Waals surface area contributed by atoms with Crippen molar-refractivity contribution in [3.8, 4) is 0 Å². The van der Waals surface area contributed by atoms with Gasteiger partial charge in [-0.1, -0.05) is 13.8 Å². The Hall–Kier alpha value is -2.32. The molecule has 1 unspecified atom stereocenters. The molecule has 2 N–H and O–H groups in total. The zero-order valence-corrected chi connectivity index (χ0v) is 16.9. The zero-order chi connectivity index (χ0) is 20.5. The quantitative estimate of drug-likeness (QED) is 0.784. The van der Waals surface area contributed by atoms with E-state index < -0.39 is 17.4 Å². The third-order valence-corrected chi connectivity index (χ3v) is 5.64. The standard InChI is InChI=1S/C20H23F2N3O2S/c1-12(2)19(26)25-20(9-4-10-23,17-8-5-13(3)28-17)27-18(24-25)15-11-14(21)6-7-16(15)22/h5-8,11-12H,4,9-10,23H2,1-3H3. The van der Waals surface area contributed by atoms with Crippen molar-refractivity contribution < 1.29 is 18.3 Å². The molecule has 0 fully saturated rings. The minimum absolute atomic E-state index is 0.117. The van der Waals surface area contributed by atoms with Crippen molar-refractivity contribution in [2.75, 3.05) is 6.54 Å². The summed E-state index contributed by atoms with van der Waals surface area (Å²) in [6, 6.07) is 6.85. The lowest BCUT2D eigenvalue weighted by molar-refractivity contribution is -0.155. The van der Waals surface area contributed by atoms with E-state index in [-0.39, 0.29) is 23.3 Å². The molecule has 1 aromatic heterocycles. The Labute approximate surface area is 166 Å². The summed E-state index contributed by atoms with van der Waals surface area (Å²) in [5, 5.41) is 5.59. The van der Waals surface area contributed by atoms with Gasteiger partial charge in [0, 0.05) is 17.2 Å². The molecule has 150 valence electrons. The van der Waals surface area contributed by atoms with E-state index >= 15 is 0 Å². The van der Waals surface area contributed by atoms with Gasteiger partial charge in [0.15, 0.2) is 0 Å². The lowest BCUT2D eigenvalue weighted by atomic mass is 10.0. The van der Waals surface area contributed by atoms with Gasteiger partial charge in [0.1, 0.15) is 11.6 Å². The Morgan fingerprint density at radius 3 is 2.68 bits per heavy atom. The van der Waals surface area contributed by atoms with Gasteiger partial charge in [0.25, 0.3) is 0 Å². The van der Waals surface area contributed by atoms with Crippen LogP contribution in [0, 0.1) is 24.5 Å². The van der Waals surface area contributed by atoms with Crippen molar-refractivity contribution in [1.82, 2.24) is 5.01 Å². The number of hydrazone groups is 1. The summed E-state index contributed by atoms with van der Waals surface area (Å²) in [5.41, 5.74) is 4.37. The number of hydrogen-bond donors (Lipinski definition) is 1. The third-order valence-electron chi connectivity index (χ3n) is 4.51. The highest BCUT2D eigenvalue weighted by atomic mass is 32.1. The van der Waals surface area contributed by atoms with Crippen LogP contribution >= 0.6 is 11.3 Å². The van der Waals surface area contributed by atoms with Crippen LogP contribution < -0.4 is 5.73 Å². The first-order chi connectivity index (χ1) is 13.3. The van der Waals surface area contributed by atoms with Crippen LogP contribution in [0.25, 0.3) is 0 Å². The molecule has 0 aliphatic carbocycles. The van der Waals surface area contributed by atoms with Crippen LogP contribution in [0.4, 0.5) is 8.78 Å². The average molecular weight is 407 g/mol. The fraction of sp³-hybridized carbons (Fsp3) is 0.400. The van der Waals surface area contributed by atoms with Gasteiger partial charge in [-0.25, -0.2) is 8.78 Å². The maximum atomic E-state index is 14.4. The number of halogens is 2. The number of benzene rings is 1. The van der Waals surface area contributed by atoms with Gasteiger partial charge in [-0.15, -0.1) is 16.4 Å². The van der Waals surface area contributed by atoms with Crippen molar-refractivity contribution in [3.05, 3.63) is 57.3 Å². The highest BCUT2D eigenvalue weighted by Crippen LogP contribution is 2.44. The SMILES string of the molecule is Cc1ccc(C2(CCCN)OC(c3cc(F)ccc3F)=NN2C(=O)C(C)C)s1. The molecule has 0 saturated carbocycles. The first-order valence-corrected chi connectivity index (χ1v) is 9.94. The summed E-state index contributed by atoms with van der Waals surface area (Å²) in [6.45, 7) is 5.85. The average Bonchev–Trinajstić information content (AvgIpc) is 3.26. The number of amides is 1. The summed E-state index contributed by atoms with van der Waals surface area (Å²) in [6.07, 6.45) is 0.944. The number of nitrogens with two attached hydrogens (primary N) is 1. The van der Waals surface area contributed by atoms with E-state index in [9.17, 15) is 13.6 Å². The van der Waals surface area contributed by atoms with Crippen LogP contribution in [0.3, 0.4) is 0 Å². The van der Waals surface area contributed by atoms with Crippen LogP contribution in [-0.2, 0) is 15.3 Å². The molecule has 2 aromatic rings. The van der Waals surface area contributed by atoms with Crippen molar-refractivity contribution in [2.45, 2.75) is 39.3 Å². The largest absolute Gasteiger partial charge is 0.442 e. The fourth-order valence-electron chi connectivity index (χ4n) is 3.06. The summed E-state index contributed by atoms with van der Waals surface area (Å²) in [5.74, 6) is -2.03. The van der Waals surface area contributed by atoms with Gasteiger partial charge in [0.2, 0.25) is 17.5 Å². The normalized spacial score (nSPS) is 19.1. The molecule has 0 spiro atoms. The third kappa shape index (κ3) is 3.66. The molecule has 3 rings (SSSR count). The van der Waals surface area contributed by atoms with Gasteiger partial charge in [-0.2, -0.15) is 5.01 Å². The van der Waals surface area contributed by atoms with Crippen LogP contribution in [0.15, 0.2) is 35.4 Å². The molecule has 0 saturated heterocycles. The molecule has 1 aliphatic rings. The molecule has 2 heterocycles. The molecule has 8 heteroatoms. The second-order valence-electron chi connectivity index (χ2n) is 7.02. The van der Waals surface area contributed by atoms with Gasteiger partial charge in [0.05, 0.1) is 10.4 Å². The fourth-order valence-corrected chi connectivity index (χ4v) is 4.07. The summed E-state index contributed by atoms with van der Waals surface area (Å²) in [4.78, 5) is 14.8. The molecule has 0 radical (unpaired) electrons. The minimum Gasteiger partial charge on any atom is -0.442 e. The molecule has 5 nitrogen and oxygen atoms in total. The molecular formula is C20H23F2N3O2S. The number of rotatable bonds is 6. The Morgan fingerprint density at radius 2 is 2.07 bits per heavy atom. The predicted octanol–water partition coefficient (Wildman–Crippen LogP) is 4.10. The Bertz CT molecular complexity index is 913. The second kappa shape index (κ2) is 7.97. The maximum Gasteiger partial charge on any atom is 0.249 e. The van der Waals surface area contributed by atoms with E-state index in [4.69, 9.17) is 10.5 Å². The van der Waals surface area contributed by atoms with Crippen molar-refractivity contribution in [2.24, 2.45) is 16.8 Å². The number of hydrogen-bond acceptors (Lipinski definition) is 5. The van der Waals surface area contributed by atoms with E-state index in [1.54, 1.807) is 13.8 Å². The lowest BCUT2D eigenvalue weighted by Gasteiger charge is -2.35. The second-order valence-corrected chi connectivity index (χ2v) is 8.31. The van der Waals surface area contributed by atoms with Crippen LogP contribution in [-0.4, -0.2) is 23.4 Å². The predicted molar refractivity (Wildman–Crippen MR) is 105 cm³/mol. The maximum absolute atomic E-state index is 14.4. The highest BCUT2D eigenvalue weighted by molar-refractivity contribution is 7.12. The lowest BCUT2D eigenvalue weighted by Crippen LogP contribution is -2.46. The topological polar surface area (TPSA) is 67.9 Å². The van der Waals surface area contributed by atoms with Crippen molar-refractivity contribution >= 4 is 23.1 Å². The molecule has 1 aliphatic heterocycles. The zero-order valence-electron chi connectivity index (χ0n) is 16.0. The number of nitrogens with zero attached hydrogens (tertiary/aromatic N) is 2. The molecule has 0 bridgehead atoms. The molecule has 28 heavy (non-hydrogen) atoms. The number of carbonyl (C=O) groups is 1. The minimum atomic E-state index is -1.23. The number of carbonyl (C=O) groups excluding carboxylic acids is 1. The van der Waals surface area contributed by atoms with Gasteiger partial charge in [-0.05, 0) is 50.2 Å². The summed E-state index contributed by atoms with van der Waals surface area (Å²) in [7, 11) is 0. The van der Waals surface area contributed by atoms with Gasteiger partial charge < -0.3 is 10.5 Å². The Morgan fingerprint density at radius 1 is 1.32 bits per heavy atom. The van der Waals surface area contributed by atoms with Gasteiger partial charge in [-0.3, -0.25) is 4.79 Å². The molecular weight excluding hydrogens is 384 g/mol. The van der Waals surface area contributed by atoms with Crippen LogP contribution in [0.1, 0.15) is 42.0 Å². The first kappa shape index (κ1) is 20.4. The Balaban J connectivity index is 2.14. The number of ether oxygens (including phenoxy) is 1. The van der Waals surface area contributed by atoms with E-state index in [1.165, 1.54) is 16.3 Å². The Kier molecular flexibility index (Phi) is 5.81. The summed E-state index contributed by atoms with van der Waals surface area (Å²) < 4.78 is 34.3. The van der Waals surface area contributed by atoms with Crippen molar-refractivity contribution in [3.63, 3.8) is 0 Å². The highest BCUT2D eigenvalue weighted by Gasteiger charge is 2.51. The van der Waals surface area contributed by atoms with Crippen molar-refractivity contribution in [1.29, 1.82) is 0 Å². The van der Waals surface area contributed by atoms with Gasteiger partial charge >= 0.3 is 0 Å². The van der Waals surface area contributed by atoms with E-state index in [0.717, 1.165) is 28.0 Å². The van der Waals surface area contributed by atoms with Crippen LogP contribution in [0.5, 0.6) is 0 Å². The number of thiophene rings is 1. The molecule has 1 amide bonds. The molecule has 1 atom stereocenters. The molecule has 1 aromatic carbocycles. The van der Waals surface area contributed by atoms with Crippen LogP contribution in [0.2, 0.25) is 0 Å². The monoisotopic (exact) mass is 407 g/mol. The van der Waals surface area contributed by atoms with E-state index in [2.05, 4.69) is 5.10 Å².